The molecule has 1 saturated heterocycles. The molecule has 2 aromatic carbocycles. The Morgan fingerprint density at radius 2 is 1.87 bits per heavy atom. The van der Waals surface area contributed by atoms with Gasteiger partial charge in [0.15, 0.2) is 0 Å². The average Bonchev–Trinajstić information content (AvgIpc) is 3.26. The quantitative estimate of drug-likeness (QED) is 0.492. The summed E-state index contributed by atoms with van der Waals surface area (Å²) in [6, 6.07) is 14.5. The summed E-state index contributed by atoms with van der Waals surface area (Å²) in [5.74, 6) is 0.844. The predicted octanol–water partition coefficient (Wildman–Crippen LogP) is 4.08. The highest BCUT2D eigenvalue weighted by atomic mass is 16.6. The summed E-state index contributed by atoms with van der Waals surface area (Å²) >= 11 is 0. The largest absolute Gasteiger partial charge is 0.497 e. The number of hydrogen-bond acceptors (Lipinski definition) is 5. The number of methoxy groups -OCH3 is 1. The summed E-state index contributed by atoms with van der Waals surface area (Å²) in [5, 5.41) is 11.0. The number of nitro benzene ring substituents is 1. The molecule has 168 valence electrons. The number of rotatable bonds is 7. The number of ether oxygens (including phenoxy) is 1. The van der Waals surface area contributed by atoms with Gasteiger partial charge >= 0.3 is 0 Å². The van der Waals surface area contributed by atoms with Crippen LogP contribution in [0, 0.1) is 17.0 Å². The van der Waals surface area contributed by atoms with E-state index in [4.69, 9.17) is 4.74 Å². The molecule has 2 aromatic rings. The molecule has 1 unspecified atom stereocenters. The molecule has 1 atom stereocenters. The van der Waals surface area contributed by atoms with Crippen LogP contribution in [0.2, 0.25) is 0 Å². The van der Waals surface area contributed by atoms with Gasteiger partial charge in [-0.3, -0.25) is 14.9 Å². The zero-order valence-corrected chi connectivity index (χ0v) is 18.9. The van der Waals surface area contributed by atoms with Gasteiger partial charge in [-0.1, -0.05) is 30.3 Å². The van der Waals surface area contributed by atoms with Crippen LogP contribution in [0.25, 0.3) is 0 Å². The van der Waals surface area contributed by atoms with Crippen molar-refractivity contribution in [1.29, 1.82) is 0 Å². The van der Waals surface area contributed by atoms with E-state index < -0.39 is 4.92 Å². The van der Waals surface area contributed by atoms with E-state index in [9.17, 15) is 14.9 Å². The molecule has 1 amide bonds. The van der Waals surface area contributed by atoms with Crippen molar-refractivity contribution in [2.45, 2.75) is 39.2 Å². The smallest absolute Gasteiger partial charge is 0.273 e. The van der Waals surface area contributed by atoms with Gasteiger partial charge < -0.3 is 14.5 Å². The van der Waals surface area contributed by atoms with Crippen molar-refractivity contribution >= 4 is 11.6 Å². The van der Waals surface area contributed by atoms with Crippen molar-refractivity contribution in [3.05, 3.63) is 69.8 Å². The molecule has 7 nitrogen and oxygen atoms in total. The number of likely N-dealkylation sites (N-methyl/N-ethyl adjacent to an activating group) is 1. The second kappa shape index (κ2) is 12.1. The van der Waals surface area contributed by atoms with Crippen LogP contribution in [-0.2, 0) is 11.2 Å². The summed E-state index contributed by atoms with van der Waals surface area (Å²) in [7, 11) is 3.45. The van der Waals surface area contributed by atoms with E-state index >= 15 is 0 Å². The van der Waals surface area contributed by atoms with Crippen LogP contribution in [-0.4, -0.2) is 60.5 Å². The fourth-order valence-electron chi connectivity index (χ4n) is 3.58. The Labute approximate surface area is 184 Å². The van der Waals surface area contributed by atoms with Gasteiger partial charge in [0.25, 0.3) is 5.69 Å². The average molecular weight is 428 g/mol. The van der Waals surface area contributed by atoms with E-state index in [2.05, 4.69) is 4.90 Å². The molecule has 0 aliphatic carbocycles. The molecule has 0 bridgehead atoms. The number of benzene rings is 2. The van der Waals surface area contributed by atoms with E-state index in [0.29, 0.717) is 5.56 Å². The Hall–Kier alpha value is -2.93. The first-order valence-corrected chi connectivity index (χ1v) is 10.6. The van der Waals surface area contributed by atoms with Crippen LogP contribution >= 0.6 is 0 Å². The maximum atomic E-state index is 12.4. The first-order valence-electron chi connectivity index (χ1n) is 10.6. The second-order valence-corrected chi connectivity index (χ2v) is 7.94. The summed E-state index contributed by atoms with van der Waals surface area (Å²) in [5.41, 5.74) is 1.71. The molecule has 0 N–H and O–H groups in total. The molecule has 0 saturated carbocycles. The van der Waals surface area contributed by atoms with Crippen molar-refractivity contribution in [3.63, 3.8) is 0 Å². The highest BCUT2D eigenvalue weighted by Crippen LogP contribution is 2.19. The number of aryl methyl sites for hydroxylation is 1. The van der Waals surface area contributed by atoms with Crippen LogP contribution in [0.15, 0.2) is 48.5 Å². The van der Waals surface area contributed by atoms with E-state index in [1.54, 1.807) is 37.3 Å². The minimum absolute atomic E-state index is 0.0106. The number of carbonyl (C=O) groups excluding carboxylic acids is 1. The van der Waals surface area contributed by atoms with E-state index in [-0.39, 0.29) is 24.1 Å². The van der Waals surface area contributed by atoms with E-state index in [1.807, 2.05) is 38.1 Å². The Morgan fingerprint density at radius 3 is 2.45 bits per heavy atom. The van der Waals surface area contributed by atoms with Gasteiger partial charge in [0.1, 0.15) is 5.75 Å². The van der Waals surface area contributed by atoms with Gasteiger partial charge in [-0.05, 0) is 57.5 Å². The minimum Gasteiger partial charge on any atom is -0.497 e. The SMILES string of the molecule is CC(CN1CCCC1)N(C)C(=O)Cc1ccccc1[N+](=O)[O-].COc1cccc(C)c1. The van der Waals surface area contributed by atoms with Crippen molar-refractivity contribution in [1.82, 2.24) is 9.80 Å². The van der Waals surface area contributed by atoms with Gasteiger partial charge in [-0.15, -0.1) is 0 Å². The molecule has 7 heteroatoms. The third-order valence-electron chi connectivity index (χ3n) is 5.53. The topological polar surface area (TPSA) is 75.9 Å². The minimum atomic E-state index is -0.434. The van der Waals surface area contributed by atoms with E-state index in [0.717, 1.165) is 25.4 Å². The number of amides is 1. The predicted molar refractivity (Wildman–Crippen MR) is 122 cm³/mol. The van der Waals surface area contributed by atoms with Gasteiger partial charge in [0.05, 0.1) is 18.5 Å². The monoisotopic (exact) mass is 427 g/mol. The normalized spacial score (nSPS) is 14.3. The van der Waals surface area contributed by atoms with Gasteiger partial charge in [-0.2, -0.15) is 0 Å². The van der Waals surface area contributed by atoms with Crippen LogP contribution < -0.4 is 4.74 Å². The summed E-state index contributed by atoms with van der Waals surface area (Å²) in [6.45, 7) is 7.12. The summed E-state index contributed by atoms with van der Waals surface area (Å²) in [4.78, 5) is 27.0. The molecular formula is C24H33N3O4. The number of para-hydroxylation sites is 1. The van der Waals surface area contributed by atoms with Crippen molar-refractivity contribution in [2.24, 2.45) is 0 Å². The maximum absolute atomic E-state index is 12.4. The molecule has 0 radical (unpaired) electrons. The van der Waals surface area contributed by atoms with Gasteiger partial charge in [0.2, 0.25) is 5.91 Å². The number of carbonyl (C=O) groups is 1. The number of nitro groups is 1. The second-order valence-electron chi connectivity index (χ2n) is 7.94. The van der Waals surface area contributed by atoms with Crippen molar-refractivity contribution in [3.8, 4) is 5.75 Å². The molecule has 1 fully saturated rings. The first kappa shape index (κ1) is 24.3. The van der Waals surface area contributed by atoms with E-state index in [1.165, 1.54) is 24.5 Å². The first-order chi connectivity index (χ1) is 14.8. The summed E-state index contributed by atoms with van der Waals surface area (Å²) in [6.07, 6.45) is 2.51. The molecule has 1 heterocycles. The Balaban J connectivity index is 0.000000316. The molecular weight excluding hydrogens is 394 g/mol. The lowest BCUT2D eigenvalue weighted by molar-refractivity contribution is -0.385. The molecule has 1 aliphatic heterocycles. The van der Waals surface area contributed by atoms with Crippen LogP contribution in [0.1, 0.15) is 30.9 Å². The number of likely N-dealkylation sites (tertiary alicyclic amines) is 1. The Bertz CT molecular complexity index is 865. The van der Waals surface area contributed by atoms with Crippen LogP contribution in [0.3, 0.4) is 0 Å². The molecule has 3 rings (SSSR count). The zero-order valence-electron chi connectivity index (χ0n) is 18.9. The third kappa shape index (κ3) is 7.68. The van der Waals surface area contributed by atoms with Crippen LogP contribution in [0.4, 0.5) is 5.69 Å². The highest BCUT2D eigenvalue weighted by molar-refractivity contribution is 5.80. The van der Waals surface area contributed by atoms with Crippen molar-refractivity contribution < 1.29 is 14.5 Å². The fourth-order valence-corrected chi connectivity index (χ4v) is 3.58. The molecule has 0 aromatic heterocycles. The van der Waals surface area contributed by atoms with Crippen molar-refractivity contribution in [2.75, 3.05) is 33.8 Å². The lowest BCUT2D eigenvalue weighted by Crippen LogP contribution is -2.43. The maximum Gasteiger partial charge on any atom is 0.273 e. The zero-order chi connectivity index (χ0) is 22.8. The van der Waals surface area contributed by atoms with Gasteiger partial charge in [-0.25, -0.2) is 0 Å². The Morgan fingerprint density at radius 1 is 1.19 bits per heavy atom. The number of hydrogen-bond donors (Lipinski definition) is 0. The Kier molecular flexibility index (Phi) is 9.46. The lowest BCUT2D eigenvalue weighted by Gasteiger charge is -2.28. The van der Waals surface area contributed by atoms with Gasteiger partial charge in [0, 0.05) is 31.3 Å². The highest BCUT2D eigenvalue weighted by Gasteiger charge is 2.23. The molecule has 1 aliphatic rings. The van der Waals surface area contributed by atoms with Crippen LogP contribution in [0.5, 0.6) is 5.75 Å². The molecule has 0 spiro atoms. The standard InChI is InChI=1S/C16H23N3O3.C8H10O/c1-13(12-18-9-5-6-10-18)17(2)16(20)11-14-7-3-4-8-15(14)19(21)22;1-7-4-3-5-8(6-7)9-2/h3-4,7-8,13H,5-6,9-12H2,1-2H3;3-6H,1-2H3. The summed E-state index contributed by atoms with van der Waals surface area (Å²) < 4.78 is 5.00. The lowest BCUT2D eigenvalue weighted by atomic mass is 10.1. The third-order valence-corrected chi connectivity index (χ3v) is 5.53. The fraction of sp³-hybridized carbons (Fsp3) is 0.458. The molecule has 31 heavy (non-hydrogen) atoms. The number of nitrogens with zero attached hydrogens (tertiary/aromatic N) is 3.